The summed E-state index contributed by atoms with van der Waals surface area (Å²) in [4.78, 5) is 0.203. The fourth-order valence-corrected chi connectivity index (χ4v) is 3.48. The predicted octanol–water partition coefficient (Wildman–Crippen LogP) is 1.16. The lowest BCUT2D eigenvalue weighted by Crippen LogP contribution is -2.28. The molecule has 2 heterocycles. The van der Waals surface area contributed by atoms with Crippen LogP contribution >= 0.6 is 0 Å². The highest BCUT2D eigenvalue weighted by molar-refractivity contribution is 7.92. The van der Waals surface area contributed by atoms with Crippen molar-refractivity contribution in [3.63, 3.8) is 0 Å². The molecule has 0 atom stereocenters. The molecule has 1 aliphatic rings. The summed E-state index contributed by atoms with van der Waals surface area (Å²) in [6.45, 7) is 0.493. The van der Waals surface area contributed by atoms with E-state index in [0.29, 0.717) is 6.54 Å². The van der Waals surface area contributed by atoms with Crippen LogP contribution in [0.1, 0.15) is 5.56 Å². The molecule has 0 unspecified atom stereocenters. The number of hydrogen-bond acceptors (Lipinski definition) is 3. The molecule has 2 aromatic rings. The number of H-pyrrole nitrogens is 1. The van der Waals surface area contributed by atoms with Crippen LogP contribution in [0.3, 0.4) is 0 Å². The zero-order chi connectivity index (χ0) is 11.9. The molecule has 1 aromatic heterocycles. The molecule has 0 saturated heterocycles. The molecule has 17 heavy (non-hydrogen) atoms. The molecular weight excluding hydrogens is 238 g/mol. The summed E-state index contributed by atoms with van der Waals surface area (Å²) >= 11 is 0. The van der Waals surface area contributed by atoms with Crippen molar-refractivity contribution in [2.24, 2.45) is 0 Å². The molecule has 3 rings (SSSR count). The van der Waals surface area contributed by atoms with Gasteiger partial charge in [-0.1, -0.05) is 18.2 Å². The molecule has 88 valence electrons. The Balaban J connectivity index is 2.09. The zero-order valence-electron chi connectivity index (χ0n) is 9.00. The highest BCUT2D eigenvalue weighted by Crippen LogP contribution is 2.32. The molecule has 0 radical (unpaired) electrons. The fraction of sp³-hybridized carbons (Fsp3) is 0.182. The van der Waals surface area contributed by atoms with Gasteiger partial charge in [-0.25, -0.2) is 8.42 Å². The summed E-state index contributed by atoms with van der Waals surface area (Å²) in [5.41, 5.74) is 1.84. The topological polar surface area (TPSA) is 66.1 Å². The molecule has 0 saturated carbocycles. The standard InChI is InChI=1S/C11H11N3O2S/c15-17(16,10-7-12-13-8-10)14-6-5-9-3-1-2-4-11(9)14/h1-4,7-8H,5-6H2,(H,12,13). The number of benzene rings is 1. The van der Waals surface area contributed by atoms with Crippen molar-refractivity contribution in [3.8, 4) is 0 Å². The quantitative estimate of drug-likeness (QED) is 0.868. The van der Waals surface area contributed by atoms with Gasteiger partial charge in [-0.05, 0) is 18.1 Å². The molecule has 0 amide bonds. The number of hydrogen-bond donors (Lipinski definition) is 1. The Hall–Kier alpha value is -1.82. The van der Waals surface area contributed by atoms with Gasteiger partial charge in [-0.15, -0.1) is 0 Å². The lowest BCUT2D eigenvalue weighted by molar-refractivity contribution is 0.592. The number of rotatable bonds is 2. The van der Waals surface area contributed by atoms with E-state index in [-0.39, 0.29) is 4.90 Å². The summed E-state index contributed by atoms with van der Waals surface area (Å²) in [5, 5.41) is 6.21. The van der Waals surface area contributed by atoms with Gasteiger partial charge in [0, 0.05) is 12.7 Å². The van der Waals surface area contributed by atoms with Gasteiger partial charge in [-0.3, -0.25) is 9.40 Å². The SMILES string of the molecule is O=S(=O)(c1cn[nH]c1)N1CCc2ccccc21. The third-order valence-electron chi connectivity index (χ3n) is 2.91. The lowest BCUT2D eigenvalue weighted by Gasteiger charge is -2.18. The van der Waals surface area contributed by atoms with E-state index in [9.17, 15) is 8.42 Å². The van der Waals surface area contributed by atoms with Gasteiger partial charge < -0.3 is 0 Å². The maximum Gasteiger partial charge on any atom is 0.267 e. The largest absolute Gasteiger partial charge is 0.284 e. The molecule has 0 spiro atoms. The number of sulfonamides is 1. The Morgan fingerprint density at radius 3 is 2.88 bits per heavy atom. The van der Waals surface area contributed by atoms with Crippen LogP contribution in [0, 0.1) is 0 Å². The summed E-state index contributed by atoms with van der Waals surface area (Å²) in [5.74, 6) is 0. The molecule has 6 heteroatoms. The number of nitrogens with zero attached hydrogens (tertiary/aromatic N) is 2. The second kappa shape index (κ2) is 3.59. The number of fused-ring (bicyclic) bond motifs is 1. The number of para-hydroxylation sites is 1. The van der Waals surface area contributed by atoms with E-state index in [4.69, 9.17) is 0 Å². The Kier molecular flexibility index (Phi) is 2.19. The molecular formula is C11H11N3O2S. The summed E-state index contributed by atoms with van der Waals surface area (Å²) in [6.07, 6.45) is 3.49. The van der Waals surface area contributed by atoms with Gasteiger partial charge in [-0.2, -0.15) is 5.10 Å². The van der Waals surface area contributed by atoms with Gasteiger partial charge in [0.2, 0.25) is 0 Å². The Bertz CT molecular complexity index is 634. The first-order valence-electron chi connectivity index (χ1n) is 5.29. The first-order valence-corrected chi connectivity index (χ1v) is 6.73. The zero-order valence-corrected chi connectivity index (χ0v) is 9.81. The van der Waals surface area contributed by atoms with Crippen molar-refractivity contribution in [1.82, 2.24) is 10.2 Å². The van der Waals surface area contributed by atoms with Crippen molar-refractivity contribution in [1.29, 1.82) is 0 Å². The summed E-state index contributed by atoms with van der Waals surface area (Å²) in [7, 11) is -3.47. The van der Waals surface area contributed by atoms with E-state index in [2.05, 4.69) is 10.2 Å². The third kappa shape index (κ3) is 1.52. The minimum absolute atomic E-state index is 0.203. The molecule has 1 N–H and O–H groups in total. The smallest absolute Gasteiger partial charge is 0.267 e. The van der Waals surface area contributed by atoms with Gasteiger partial charge in [0.05, 0.1) is 11.9 Å². The molecule has 1 aromatic carbocycles. The van der Waals surface area contributed by atoms with Crippen LogP contribution in [0.4, 0.5) is 5.69 Å². The third-order valence-corrected chi connectivity index (χ3v) is 4.68. The van der Waals surface area contributed by atoms with Gasteiger partial charge in [0.25, 0.3) is 10.0 Å². The normalized spacial score (nSPS) is 14.9. The summed E-state index contributed by atoms with van der Waals surface area (Å²) < 4.78 is 26.1. The van der Waals surface area contributed by atoms with Crippen LogP contribution in [-0.2, 0) is 16.4 Å². The maximum absolute atomic E-state index is 12.3. The van der Waals surface area contributed by atoms with E-state index in [1.165, 1.54) is 16.7 Å². The number of anilines is 1. The van der Waals surface area contributed by atoms with Crippen molar-refractivity contribution < 1.29 is 8.42 Å². The molecule has 5 nitrogen and oxygen atoms in total. The lowest BCUT2D eigenvalue weighted by atomic mass is 10.2. The summed E-state index contributed by atoms with van der Waals surface area (Å²) in [6, 6.07) is 7.56. The van der Waals surface area contributed by atoms with Crippen LogP contribution < -0.4 is 4.31 Å². The second-order valence-corrected chi connectivity index (χ2v) is 5.75. The van der Waals surface area contributed by atoms with E-state index < -0.39 is 10.0 Å². The second-order valence-electron chi connectivity index (χ2n) is 3.89. The molecule has 0 fully saturated rings. The number of nitrogens with one attached hydrogen (secondary N) is 1. The molecule has 1 aliphatic heterocycles. The first kappa shape index (κ1) is 10.3. The van der Waals surface area contributed by atoms with E-state index >= 15 is 0 Å². The highest BCUT2D eigenvalue weighted by Gasteiger charge is 2.30. The number of aromatic nitrogens is 2. The van der Waals surface area contributed by atoms with Crippen LogP contribution in [0.15, 0.2) is 41.6 Å². The van der Waals surface area contributed by atoms with Crippen molar-refractivity contribution in [3.05, 3.63) is 42.2 Å². The Morgan fingerprint density at radius 1 is 1.29 bits per heavy atom. The predicted molar refractivity (Wildman–Crippen MR) is 63.3 cm³/mol. The average Bonchev–Trinajstić information content (AvgIpc) is 2.99. The minimum atomic E-state index is -3.47. The van der Waals surface area contributed by atoms with Crippen LogP contribution in [-0.4, -0.2) is 25.2 Å². The average molecular weight is 249 g/mol. The van der Waals surface area contributed by atoms with Crippen LogP contribution in [0.5, 0.6) is 0 Å². The van der Waals surface area contributed by atoms with Crippen LogP contribution in [0.2, 0.25) is 0 Å². The van der Waals surface area contributed by atoms with E-state index in [0.717, 1.165) is 17.7 Å². The van der Waals surface area contributed by atoms with Gasteiger partial charge in [0.1, 0.15) is 4.90 Å². The first-order chi connectivity index (χ1) is 8.19. The molecule has 0 aliphatic carbocycles. The Labute approximate surface area is 99.1 Å². The van der Waals surface area contributed by atoms with Crippen LogP contribution in [0.25, 0.3) is 0 Å². The van der Waals surface area contributed by atoms with Crippen molar-refractivity contribution in [2.45, 2.75) is 11.3 Å². The number of aromatic amines is 1. The highest BCUT2D eigenvalue weighted by atomic mass is 32.2. The minimum Gasteiger partial charge on any atom is -0.284 e. The Morgan fingerprint density at radius 2 is 2.12 bits per heavy atom. The molecule has 0 bridgehead atoms. The van der Waals surface area contributed by atoms with Crippen molar-refractivity contribution >= 4 is 15.7 Å². The maximum atomic E-state index is 12.3. The van der Waals surface area contributed by atoms with E-state index in [1.54, 1.807) is 0 Å². The van der Waals surface area contributed by atoms with Gasteiger partial charge >= 0.3 is 0 Å². The van der Waals surface area contributed by atoms with Crippen molar-refractivity contribution in [2.75, 3.05) is 10.8 Å². The monoisotopic (exact) mass is 249 g/mol. The van der Waals surface area contributed by atoms with E-state index in [1.807, 2.05) is 24.3 Å². The fourth-order valence-electron chi connectivity index (χ4n) is 2.06. The van der Waals surface area contributed by atoms with Gasteiger partial charge in [0.15, 0.2) is 0 Å².